The first-order chi connectivity index (χ1) is 12.2. The smallest absolute Gasteiger partial charge is 0.268 e. The molecule has 6 nitrogen and oxygen atoms in total. The van der Waals surface area contributed by atoms with Crippen LogP contribution in [0.3, 0.4) is 0 Å². The van der Waals surface area contributed by atoms with Crippen LogP contribution in [0.2, 0.25) is 12.6 Å². The van der Waals surface area contributed by atoms with Gasteiger partial charge in [-0.25, -0.2) is 10.2 Å². The van der Waals surface area contributed by atoms with Gasteiger partial charge in [-0.1, -0.05) is 19.1 Å². The minimum atomic E-state index is 0.115. The maximum atomic E-state index is 9.27. The maximum Gasteiger partial charge on any atom is 0.268 e. The fourth-order valence-corrected chi connectivity index (χ4v) is 3.67. The normalized spacial score (nSPS) is 17.6. The minimum absolute atomic E-state index is 0.115. The lowest BCUT2D eigenvalue weighted by molar-refractivity contribution is 0.383. The van der Waals surface area contributed by atoms with Crippen LogP contribution < -0.4 is 4.74 Å². The number of methoxy groups -OCH3 is 1. The number of nitrogens with zero attached hydrogens (tertiary/aromatic N) is 4. The van der Waals surface area contributed by atoms with Gasteiger partial charge >= 0.3 is 0 Å². The Morgan fingerprint density at radius 1 is 1.44 bits per heavy atom. The summed E-state index contributed by atoms with van der Waals surface area (Å²) >= 11 is 0. The lowest BCUT2D eigenvalue weighted by Gasteiger charge is -2.23. The van der Waals surface area contributed by atoms with Crippen molar-refractivity contribution >= 4 is 12.4 Å². The average Bonchev–Trinajstić information content (AvgIpc) is 3.26. The second-order valence-corrected chi connectivity index (χ2v) is 6.65. The number of aryl methyl sites for hydroxylation is 1. The van der Waals surface area contributed by atoms with Gasteiger partial charge in [0.1, 0.15) is 5.76 Å². The van der Waals surface area contributed by atoms with E-state index in [0.717, 1.165) is 53.7 Å². The molecule has 0 aliphatic carbocycles. The molecule has 0 aromatic carbocycles. The first-order valence-corrected chi connectivity index (χ1v) is 8.57. The van der Waals surface area contributed by atoms with Gasteiger partial charge in [-0.15, -0.1) is 0 Å². The largest absolute Gasteiger partial charge is 0.481 e. The van der Waals surface area contributed by atoms with E-state index < -0.39 is 0 Å². The van der Waals surface area contributed by atoms with Crippen molar-refractivity contribution in [3.05, 3.63) is 36.0 Å². The molecule has 25 heavy (non-hydrogen) atoms. The van der Waals surface area contributed by atoms with Crippen molar-refractivity contribution in [2.24, 2.45) is 0 Å². The zero-order chi connectivity index (χ0) is 17.4. The third kappa shape index (κ3) is 2.78. The summed E-state index contributed by atoms with van der Waals surface area (Å²) in [6.07, 6.45) is 7.47. The first kappa shape index (κ1) is 15.8. The third-order valence-corrected chi connectivity index (χ3v) is 4.98. The van der Waals surface area contributed by atoms with Gasteiger partial charge in [0.15, 0.2) is 5.65 Å². The Morgan fingerprint density at radius 3 is 3.04 bits per heavy atom. The zero-order valence-corrected chi connectivity index (χ0v) is 14.4. The number of aromatic nitrogens is 3. The van der Waals surface area contributed by atoms with Crippen molar-refractivity contribution in [1.82, 2.24) is 14.6 Å². The number of furan rings is 1. The summed E-state index contributed by atoms with van der Waals surface area (Å²) in [7, 11) is 1.64. The lowest BCUT2D eigenvalue weighted by atomic mass is 9.41. The van der Waals surface area contributed by atoms with Gasteiger partial charge in [-0.2, -0.15) is 9.61 Å². The Morgan fingerprint density at radius 2 is 2.32 bits per heavy atom. The van der Waals surface area contributed by atoms with Crippen molar-refractivity contribution < 1.29 is 9.15 Å². The molecule has 4 heterocycles. The highest BCUT2D eigenvalue weighted by molar-refractivity contribution is 6.67. The van der Waals surface area contributed by atoms with Crippen LogP contribution in [-0.2, 0) is 0 Å². The number of ether oxygens (including phenoxy) is 1. The van der Waals surface area contributed by atoms with Gasteiger partial charge in [0, 0.05) is 23.2 Å². The Kier molecular flexibility index (Phi) is 3.96. The number of hydrogen-bond acceptors (Lipinski definition) is 5. The second kappa shape index (κ2) is 6.28. The van der Waals surface area contributed by atoms with Crippen LogP contribution >= 0.6 is 0 Å². The molecule has 4 rings (SSSR count). The molecule has 0 saturated carbocycles. The highest BCUT2D eigenvalue weighted by Gasteiger charge is 2.28. The van der Waals surface area contributed by atoms with E-state index in [1.165, 1.54) is 0 Å². The summed E-state index contributed by atoms with van der Waals surface area (Å²) < 4.78 is 12.7. The van der Waals surface area contributed by atoms with Crippen molar-refractivity contribution in [2.45, 2.75) is 38.3 Å². The number of hydrogen-bond donors (Lipinski definition) is 0. The third-order valence-electron chi connectivity index (χ3n) is 4.98. The SMILES string of the molecule is COc1cc(C2CCCB(C#N)C2)nc2c(-c3coc(C)c3)cnn12. The molecular weight excluding hydrogens is 315 g/mol. The molecule has 3 aromatic rings. The summed E-state index contributed by atoms with van der Waals surface area (Å²) in [6, 6.07) is 3.93. The van der Waals surface area contributed by atoms with Crippen LogP contribution in [0.25, 0.3) is 16.8 Å². The molecule has 0 N–H and O–H groups in total. The average molecular weight is 334 g/mol. The standard InChI is InChI=1S/C18H19BN4O2/c1-12-6-14(10-25-12)15-9-21-23-17(24-2)7-16(22-18(15)23)13-4-3-5-19(8-13)11-20/h6-7,9-10,13H,3-5,8H2,1-2H3. The van der Waals surface area contributed by atoms with Gasteiger partial charge < -0.3 is 9.15 Å². The minimum Gasteiger partial charge on any atom is -0.481 e. The first-order valence-electron chi connectivity index (χ1n) is 8.57. The molecular formula is C18H19BN4O2. The van der Waals surface area contributed by atoms with Crippen LogP contribution in [0.4, 0.5) is 0 Å². The zero-order valence-electron chi connectivity index (χ0n) is 14.4. The van der Waals surface area contributed by atoms with E-state index in [0.29, 0.717) is 5.88 Å². The summed E-state index contributed by atoms with van der Waals surface area (Å²) in [5, 5.41) is 13.7. The van der Waals surface area contributed by atoms with Crippen LogP contribution in [0.1, 0.15) is 30.2 Å². The molecule has 0 radical (unpaired) electrons. The van der Waals surface area contributed by atoms with E-state index in [9.17, 15) is 5.26 Å². The number of rotatable bonds is 3. The molecule has 1 aliphatic rings. The predicted octanol–water partition coefficient (Wildman–Crippen LogP) is 3.74. The van der Waals surface area contributed by atoms with Crippen molar-refractivity contribution in [1.29, 1.82) is 5.26 Å². The summed E-state index contributed by atoms with van der Waals surface area (Å²) in [5.74, 6) is 4.21. The van der Waals surface area contributed by atoms with Crippen molar-refractivity contribution in [2.75, 3.05) is 7.11 Å². The van der Waals surface area contributed by atoms with Crippen LogP contribution in [-0.4, -0.2) is 28.4 Å². The Labute approximate surface area is 146 Å². The topological polar surface area (TPSA) is 76.3 Å². The molecule has 1 aliphatic heterocycles. The van der Waals surface area contributed by atoms with E-state index in [1.54, 1.807) is 24.1 Å². The van der Waals surface area contributed by atoms with Gasteiger partial charge in [0.25, 0.3) is 6.71 Å². The van der Waals surface area contributed by atoms with Crippen molar-refractivity contribution in [3.63, 3.8) is 0 Å². The fourth-order valence-electron chi connectivity index (χ4n) is 3.67. The molecule has 1 atom stereocenters. The molecule has 1 unspecified atom stereocenters. The summed E-state index contributed by atoms with van der Waals surface area (Å²) in [5.41, 5.74) is 3.61. The lowest BCUT2D eigenvalue weighted by Crippen LogP contribution is -2.21. The molecule has 7 heteroatoms. The van der Waals surface area contributed by atoms with Crippen LogP contribution in [0.5, 0.6) is 5.88 Å². The molecule has 126 valence electrons. The fraction of sp³-hybridized carbons (Fsp3) is 0.389. The molecule has 3 aromatic heterocycles. The van der Waals surface area contributed by atoms with E-state index in [-0.39, 0.29) is 12.6 Å². The Balaban J connectivity index is 1.82. The number of fused-ring (bicyclic) bond motifs is 1. The monoisotopic (exact) mass is 334 g/mol. The highest BCUT2D eigenvalue weighted by atomic mass is 16.5. The molecule has 0 amide bonds. The quantitative estimate of drug-likeness (QED) is 0.682. The highest BCUT2D eigenvalue weighted by Crippen LogP contribution is 2.35. The predicted molar refractivity (Wildman–Crippen MR) is 94.9 cm³/mol. The van der Waals surface area contributed by atoms with Crippen molar-refractivity contribution in [3.8, 4) is 23.0 Å². The molecule has 1 fully saturated rings. The maximum absolute atomic E-state index is 9.27. The van der Waals surface area contributed by atoms with E-state index in [2.05, 4.69) is 11.1 Å². The molecule has 0 bridgehead atoms. The Hall–Kier alpha value is -2.75. The van der Waals surface area contributed by atoms with Crippen LogP contribution in [0, 0.1) is 18.2 Å². The molecule has 0 spiro atoms. The van der Waals surface area contributed by atoms with E-state index >= 15 is 0 Å². The van der Waals surface area contributed by atoms with E-state index in [1.807, 2.05) is 19.1 Å². The molecule has 1 saturated heterocycles. The number of nitriles is 1. The van der Waals surface area contributed by atoms with Gasteiger partial charge in [0.05, 0.1) is 25.3 Å². The summed E-state index contributed by atoms with van der Waals surface area (Å²) in [4.78, 5) is 4.89. The summed E-state index contributed by atoms with van der Waals surface area (Å²) in [6.45, 7) is 2.03. The van der Waals surface area contributed by atoms with Gasteiger partial charge in [0.2, 0.25) is 5.88 Å². The van der Waals surface area contributed by atoms with Crippen LogP contribution in [0.15, 0.2) is 29.0 Å². The van der Waals surface area contributed by atoms with Gasteiger partial charge in [-0.3, -0.25) is 0 Å². The second-order valence-electron chi connectivity index (χ2n) is 6.65. The Bertz CT molecular complexity index is 956. The van der Waals surface area contributed by atoms with Gasteiger partial charge in [-0.05, 0) is 25.3 Å². The van der Waals surface area contributed by atoms with E-state index in [4.69, 9.17) is 14.1 Å².